The summed E-state index contributed by atoms with van der Waals surface area (Å²) in [6.45, 7) is 2.34. The number of anilines is 1. The molecule has 6 nitrogen and oxygen atoms in total. The Morgan fingerprint density at radius 3 is 2.10 bits per heavy atom. The van der Waals surface area contributed by atoms with E-state index in [0.717, 1.165) is 0 Å². The van der Waals surface area contributed by atoms with Crippen molar-refractivity contribution >= 4 is 56.4 Å². The summed E-state index contributed by atoms with van der Waals surface area (Å²) in [7, 11) is -3.54. The minimum Gasteiger partial charge on any atom is -0.324 e. The van der Waals surface area contributed by atoms with Crippen LogP contribution in [0.4, 0.5) is 5.69 Å². The third kappa shape index (κ3) is 5.63. The van der Waals surface area contributed by atoms with E-state index in [9.17, 15) is 13.2 Å². The molecule has 0 unspecified atom stereocenters. The van der Waals surface area contributed by atoms with Gasteiger partial charge in [0.15, 0.2) is 0 Å². The lowest BCUT2D eigenvalue weighted by molar-refractivity contribution is -0.116. The smallest absolute Gasteiger partial charge is 0.243 e. The van der Waals surface area contributed by atoms with Crippen molar-refractivity contribution in [2.75, 3.05) is 38.0 Å². The van der Waals surface area contributed by atoms with Gasteiger partial charge in [0.2, 0.25) is 15.9 Å². The van der Waals surface area contributed by atoms with Crippen molar-refractivity contribution in [1.29, 1.82) is 0 Å². The molecule has 1 aliphatic rings. The number of rotatable bonds is 6. The number of benzene rings is 2. The van der Waals surface area contributed by atoms with Gasteiger partial charge in [0.25, 0.3) is 0 Å². The van der Waals surface area contributed by atoms with Gasteiger partial charge in [-0.1, -0.05) is 40.9 Å². The molecule has 0 saturated carbocycles. The summed E-state index contributed by atoms with van der Waals surface area (Å²) in [5, 5.41) is 3.98. The van der Waals surface area contributed by atoms with Crippen molar-refractivity contribution in [2.24, 2.45) is 0 Å². The monoisotopic (exact) mass is 475 g/mol. The van der Waals surface area contributed by atoms with Crippen molar-refractivity contribution in [3.8, 4) is 0 Å². The first-order chi connectivity index (χ1) is 13.8. The molecule has 1 fully saturated rings. The van der Waals surface area contributed by atoms with Gasteiger partial charge in [0.1, 0.15) is 0 Å². The molecule has 2 aromatic carbocycles. The molecule has 1 aliphatic heterocycles. The van der Waals surface area contributed by atoms with Crippen molar-refractivity contribution < 1.29 is 13.2 Å². The number of piperazine rings is 1. The van der Waals surface area contributed by atoms with Gasteiger partial charge in [-0.05, 0) is 36.4 Å². The SMILES string of the molecule is O=C(CCN1CCN(S(=O)(=O)c2ccc(Cl)cc2)CC1)Nc1c(Cl)cccc1Cl. The zero-order chi connectivity index (χ0) is 21.0. The lowest BCUT2D eigenvalue weighted by Crippen LogP contribution is -2.49. The second kappa shape index (κ2) is 9.64. The Balaban J connectivity index is 1.50. The molecule has 0 bridgehead atoms. The quantitative estimate of drug-likeness (QED) is 0.684. The molecular weight excluding hydrogens is 457 g/mol. The minimum absolute atomic E-state index is 0.198. The fraction of sp³-hybridized carbons (Fsp3) is 0.316. The molecule has 10 heteroatoms. The summed E-state index contributed by atoms with van der Waals surface area (Å²) in [4.78, 5) is 14.5. The van der Waals surface area contributed by atoms with Crippen molar-refractivity contribution in [3.05, 3.63) is 57.5 Å². The molecule has 3 rings (SSSR count). The van der Waals surface area contributed by atoms with E-state index in [2.05, 4.69) is 10.2 Å². The Morgan fingerprint density at radius 1 is 0.931 bits per heavy atom. The highest BCUT2D eigenvalue weighted by Gasteiger charge is 2.28. The second-order valence-corrected chi connectivity index (χ2v) is 9.78. The lowest BCUT2D eigenvalue weighted by Gasteiger charge is -2.33. The zero-order valence-corrected chi connectivity index (χ0v) is 18.5. The second-order valence-electron chi connectivity index (χ2n) is 6.59. The number of para-hydroxylation sites is 1. The minimum atomic E-state index is -3.54. The van der Waals surface area contributed by atoms with Crippen LogP contribution in [0, 0.1) is 0 Å². The van der Waals surface area contributed by atoms with Crippen LogP contribution in [0.1, 0.15) is 6.42 Å². The van der Waals surface area contributed by atoms with E-state index in [1.165, 1.54) is 16.4 Å². The van der Waals surface area contributed by atoms with Gasteiger partial charge in [-0.15, -0.1) is 0 Å². The van der Waals surface area contributed by atoms with Crippen molar-refractivity contribution in [2.45, 2.75) is 11.3 Å². The van der Waals surface area contributed by atoms with E-state index in [1.807, 2.05) is 0 Å². The summed E-state index contributed by atoms with van der Waals surface area (Å²) in [5.74, 6) is -0.198. The van der Waals surface area contributed by atoms with Crippen molar-refractivity contribution in [1.82, 2.24) is 9.21 Å². The van der Waals surface area contributed by atoms with Gasteiger partial charge in [-0.3, -0.25) is 4.79 Å². The van der Waals surface area contributed by atoms with E-state index in [0.29, 0.717) is 53.5 Å². The molecule has 156 valence electrons. The number of hydrogen-bond donors (Lipinski definition) is 1. The third-order valence-corrected chi connectivity index (χ3v) is 7.46. The van der Waals surface area contributed by atoms with E-state index >= 15 is 0 Å². The topological polar surface area (TPSA) is 69.7 Å². The molecule has 2 aromatic rings. The molecule has 1 heterocycles. The highest BCUT2D eigenvalue weighted by atomic mass is 35.5. The van der Waals surface area contributed by atoms with Crippen LogP contribution >= 0.6 is 34.8 Å². The van der Waals surface area contributed by atoms with Crippen LogP contribution in [0.2, 0.25) is 15.1 Å². The molecule has 0 aromatic heterocycles. The Morgan fingerprint density at radius 2 is 1.52 bits per heavy atom. The van der Waals surface area contributed by atoms with Crippen LogP contribution in [0.5, 0.6) is 0 Å². The summed E-state index contributed by atoms with van der Waals surface area (Å²) in [6, 6.07) is 11.2. The normalized spacial score (nSPS) is 16.0. The van der Waals surface area contributed by atoms with Gasteiger partial charge in [0, 0.05) is 44.2 Å². The number of carbonyl (C=O) groups is 1. The Bertz CT molecular complexity index is 956. The number of carbonyl (C=O) groups excluding carboxylic acids is 1. The molecular formula is C19H20Cl3N3O3S. The van der Waals surface area contributed by atoms with Crippen LogP contribution in [-0.2, 0) is 14.8 Å². The fourth-order valence-corrected chi connectivity index (χ4v) is 5.07. The predicted molar refractivity (Wildman–Crippen MR) is 116 cm³/mol. The lowest BCUT2D eigenvalue weighted by atomic mass is 10.2. The Labute approximate surface area is 185 Å². The molecule has 1 N–H and O–H groups in total. The van der Waals surface area contributed by atoms with E-state index in [4.69, 9.17) is 34.8 Å². The third-order valence-electron chi connectivity index (χ3n) is 4.66. The molecule has 29 heavy (non-hydrogen) atoms. The molecule has 0 spiro atoms. The standard InChI is InChI=1S/C19H20Cl3N3O3S/c20-14-4-6-15(7-5-14)29(27,28)25-12-10-24(11-13-25)9-8-18(26)23-19-16(21)2-1-3-17(19)22/h1-7H,8-13H2,(H,23,26). The van der Waals surface area contributed by atoms with Crippen LogP contribution < -0.4 is 5.32 Å². The molecule has 1 saturated heterocycles. The average Bonchev–Trinajstić information content (AvgIpc) is 2.70. The Kier molecular flexibility index (Phi) is 7.42. The number of nitrogens with zero attached hydrogens (tertiary/aromatic N) is 2. The maximum Gasteiger partial charge on any atom is 0.243 e. The van der Waals surface area contributed by atoms with Gasteiger partial charge in [-0.2, -0.15) is 4.31 Å². The highest BCUT2D eigenvalue weighted by Crippen LogP contribution is 2.29. The largest absolute Gasteiger partial charge is 0.324 e. The van der Waals surface area contributed by atoms with Crippen LogP contribution in [0.3, 0.4) is 0 Å². The number of nitrogens with one attached hydrogen (secondary N) is 1. The van der Waals surface area contributed by atoms with Crippen molar-refractivity contribution in [3.63, 3.8) is 0 Å². The predicted octanol–water partition coefficient (Wildman–Crippen LogP) is 3.98. The van der Waals surface area contributed by atoms with Gasteiger partial charge in [-0.25, -0.2) is 8.42 Å². The van der Waals surface area contributed by atoms with E-state index < -0.39 is 10.0 Å². The van der Waals surface area contributed by atoms with E-state index in [1.54, 1.807) is 30.3 Å². The average molecular weight is 477 g/mol. The number of hydrogen-bond acceptors (Lipinski definition) is 4. The maximum absolute atomic E-state index is 12.7. The number of halogens is 3. The van der Waals surface area contributed by atoms with Crippen LogP contribution in [0.25, 0.3) is 0 Å². The molecule has 0 atom stereocenters. The summed E-state index contributed by atoms with van der Waals surface area (Å²) < 4.78 is 26.9. The number of sulfonamides is 1. The molecule has 0 radical (unpaired) electrons. The van der Waals surface area contributed by atoms with E-state index in [-0.39, 0.29) is 17.2 Å². The number of amides is 1. The fourth-order valence-electron chi connectivity index (χ4n) is 3.03. The zero-order valence-electron chi connectivity index (χ0n) is 15.4. The summed E-state index contributed by atoms with van der Waals surface area (Å²) >= 11 is 18.0. The summed E-state index contributed by atoms with van der Waals surface area (Å²) in [6.07, 6.45) is 0.255. The maximum atomic E-state index is 12.7. The molecule has 0 aliphatic carbocycles. The first-order valence-electron chi connectivity index (χ1n) is 8.99. The highest BCUT2D eigenvalue weighted by molar-refractivity contribution is 7.89. The first kappa shape index (κ1) is 22.3. The summed E-state index contributed by atoms with van der Waals surface area (Å²) in [5.41, 5.74) is 0.403. The van der Waals surface area contributed by atoms with Gasteiger partial charge in [0.05, 0.1) is 20.6 Å². The Hall–Kier alpha value is -1.35. The molecule has 1 amide bonds. The van der Waals surface area contributed by atoms with Gasteiger partial charge < -0.3 is 10.2 Å². The van der Waals surface area contributed by atoms with Gasteiger partial charge >= 0.3 is 0 Å². The van der Waals surface area contributed by atoms with Crippen LogP contribution in [0.15, 0.2) is 47.4 Å². The van der Waals surface area contributed by atoms with Crippen LogP contribution in [-0.4, -0.2) is 56.3 Å². The first-order valence-corrected chi connectivity index (χ1v) is 11.6.